The summed E-state index contributed by atoms with van der Waals surface area (Å²) < 4.78 is 0. The molecule has 0 radical (unpaired) electrons. The molecule has 36 heavy (non-hydrogen) atoms. The molecule has 0 saturated heterocycles. The zero-order valence-corrected chi connectivity index (χ0v) is 21.2. The average molecular weight is 461 g/mol. The first-order valence-electron chi connectivity index (χ1n) is 13.0. The average Bonchev–Trinajstić information content (AvgIpc) is 3.27. The molecule has 0 bridgehead atoms. The Morgan fingerprint density at radius 3 is 1.92 bits per heavy atom. The first kappa shape index (κ1) is 20.3. The fraction of sp³-hybridized carbons (Fsp3) is 0.167. The minimum Gasteiger partial charge on any atom is -0.0619 e. The largest absolute Gasteiger partial charge is 0.0619 e. The van der Waals surface area contributed by atoms with E-state index in [1.54, 1.807) is 0 Å². The van der Waals surface area contributed by atoms with Crippen LogP contribution < -0.4 is 0 Å². The van der Waals surface area contributed by atoms with Crippen molar-refractivity contribution in [2.75, 3.05) is 0 Å². The van der Waals surface area contributed by atoms with Crippen LogP contribution in [0.25, 0.3) is 54.6 Å². The van der Waals surface area contributed by atoms with E-state index in [1.165, 1.54) is 76.8 Å². The number of rotatable bonds is 0. The van der Waals surface area contributed by atoms with Crippen LogP contribution in [0.15, 0.2) is 97.1 Å². The Hall–Kier alpha value is -3.90. The monoisotopic (exact) mass is 460 g/mol. The van der Waals surface area contributed by atoms with Gasteiger partial charge in [0.05, 0.1) is 0 Å². The molecule has 0 heterocycles. The molecule has 0 aliphatic heterocycles. The molecule has 0 N–H and O–H groups in total. The molecule has 0 amide bonds. The van der Waals surface area contributed by atoms with Crippen molar-refractivity contribution in [1.82, 2.24) is 0 Å². The van der Waals surface area contributed by atoms with Crippen molar-refractivity contribution >= 4 is 32.3 Å². The van der Waals surface area contributed by atoms with Gasteiger partial charge in [-0.3, -0.25) is 0 Å². The summed E-state index contributed by atoms with van der Waals surface area (Å²) in [6.07, 6.45) is 0. The summed E-state index contributed by atoms with van der Waals surface area (Å²) in [5.41, 5.74) is 11.4. The number of hydrogen-bond acceptors (Lipinski definition) is 0. The molecule has 0 fully saturated rings. The van der Waals surface area contributed by atoms with E-state index >= 15 is 0 Å². The Labute approximate surface area is 212 Å². The van der Waals surface area contributed by atoms with Crippen LogP contribution in [-0.4, -0.2) is 0 Å². The summed E-state index contributed by atoms with van der Waals surface area (Å²) in [4.78, 5) is 0. The van der Waals surface area contributed by atoms with Gasteiger partial charge in [-0.05, 0) is 89.0 Å². The molecule has 8 rings (SSSR count). The molecule has 0 aromatic heterocycles. The fourth-order valence-corrected chi connectivity index (χ4v) is 7.49. The normalized spacial score (nSPS) is 16.2. The number of fused-ring (bicyclic) bond motifs is 13. The van der Waals surface area contributed by atoms with Gasteiger partial charge in [0.25, 0.3) is 0 Å². The van der Waals surface area contributed by atoms with E-state index < -0.39 is 0 Å². The highest BCUT2D eigenvalue weighted by Crippen LogP contribution is 2.59. The summed E-state index contributed by atoms with van der Waals surface area (Å²) in [6, 6.07) is 36.6. The van der Waals surface area contributed by atoms with Gasteiger partial charge in [-0.1, -0.05) is 113 Å². The fourth-order valence-electron chi connectivity index (χ4n) is 7.49. The maximum Gasteiger partial charge on any atom is 0.0165 e. The zero-order chi connectivity index (χ0) is 24.4. The van der Waals surface area contributed by atoms with Gasteiger partial charge in [0.2, 0.25) is 0 Å². The van der Waals surface area contributed by atoms with Crippen molar-refractivity contribution in [1.29, 1.82) is 0 Å². The molecular formula is C36H28. The second kappa shape index (κ2) is 6.45. The third-order valence-corrected chi connectivity index (χ3v) is 9.20. The molecule has 0 spiro atoms. The molecule has 0 unspecified atom stereocenters. The Morgan fingerprint density at radius 2 is 1.08 bits per heavy atom. The molecule has 6 aromatic rings. The number of benzene rings is 6. The van der Waals surface area contributed by atoms with E-state index in [2.05, 4.69) is 125 Å². The van der Waals surface area contributed by atoms with Gasteiger partial charge in [-0.25, -0.2) is 0 Å². The topological polar surface area (TPSA) is 0 Å². The van der Waals surface area contributed by atoms with Crippen LogP contribution in [0.1, 0.15) is 49.9 Å². The van der Waals surface area contributed by atoms with Gasteiger partial charge in [-0.15, -0.1) is 0 Å². The molecular weight excluding hydrogens is 432 g/mol. The quantitative estimate of drug-likeness (QED) is 0.198. The lowest BCUT2D eigenvalue weighted by molar-refractivity contribution is 0.654. The van der Waals surface area contributed by atoms with Gasteiger partial charge in [-0.2, -0.15) is 0 Å². The molecule has 6 aromatic carbocycles. The van der Waals surface area contributed by atoms with Gasteiger partial charge in [0.1, 0.15) is 0 Å². The lowest BCUT2D eigenvalue weighted by Gasteiger charge is -2.25. The van der Waals surface area contributed by atoms with E-state index in [9.17, 15) is 0 Å². The number of hydrogen-bond donors (Lipinski definition) is 0. The molecule has 2 aliphatic rings. The predicted octanol–water partition coefficient (Wildman–Crippen LogP) is 9.76. The van der Waals surface area contributed by atoms with E-state index in [1.807, 2.05) is 0 Å². The third-order valence-electron chi connectivity index (χ3n) is 9.20. The maximum absolute atomic E-state index is 2.55. The highest BCUT2D eigenvalue weighted by Gasteiger charge is 2.43. The van der Waals surface area contributed by atoms with Crippen molar-refractivity contribution in [3.8, 4) is 22.3 Å². The van der Waals surface area contributed by atoms with Crippen molar-refractivity contribution in [2.24, 2.45) is 0 Å². The summed E-state index contributed by atoms with van der Waals surface area (Å²) >= 11 is 0. The first-order valence-corrected chi connectivity index (χ1v) is 13.0. The SMILES string of the molecule is CC1(C)c2ccccc2-c2cc3c(cc21)-c1c(c2ccccc2c2ccc4ccccc4c12)C3(C)C. The van der Waals surface area contributed by atoms with Crippen molar-refractivity contribution < 1.29 is 0 Å². The second-order valence-electron chi connectivity index (χ2n) is 11.7. The van der Waals surface area contributed by atoms with E-state index in [4.69, 9.17) is 0 Å². The van der Waals surface area contributed by atoms with E-state index in [0.29, 0.717) is 0 Å². The highest BCUT2D eigenvalue weighted by molar-refractivity contribution is 6.26. The maximum atomic E-state index is 2.55. The minimum atomic E-state index is -0.0912. The summed E-state index contributed by atoms with van der Waals surface area (Å²) in [6.45, 7) is 9.64. The van der Waals surface area contributed by atoms with Gasteiger partial charge < -0.3 is 0 Å². The summed E-state index contributed by atoms with van der Waals surface area (Å²) in [7, 11) is 0. The third kappa shape index (κ3) is 2.26. The van der Waals surface area contributed by atoms with Crippen molar-refractivity contribution in [3.63, 3.8) is 0 Å². The molecule has 0 saturated carbocycles. The molecule has 0 atom stereocenters. The van der Waals surface area contributed by atoms with E-state index in [-0.39, 0.29) is 10.8 Å². The molecule has 2 aliphatic carbocycles. The van der Waals surface area contributed by atoms with Crippen LogP contribution in [-0.2, 0) is 10.8 Å². The van der Waals surface area contributed by atoms with Gasteiger partial charge in [0.15, 0.2) is 0 Å². The van der Waals surface area contributed by atoms with Crippen LogP contribution in [0.2, 0.25) is 0 Å². The smallest absolute Gasteiger partial charge is 0.0165 e. The van der Waals surface area contributed by atoms with Crippen LogP contribution in [0.3, 0.4) is 0 Å². The van der Waals surface area contributed by atoms with E-state index in [0.717, 1.165) is 0 Å². The standard InChI is InChI=1S/C36H28/c1-35(2)29-16-10-9-14-24(29)27-19-31-28(20-30(27)35)33-32-22-12-6-5-11-21(22)17-18-25(32)23-13-7-8-15-26(23)34(33)36(31,3)4/h5-20H,1-4H3. The van der Waals surface area contributed by atoms with Crippen LogP contribution in [0, 0.1) is 0 Å². The Kier molecular flexibility index (Phi) is 3.64. The molecule has 172 valence electrons. The first-order chi connectivity index (χ1) is 17.4. The lowest BCUT2D eigenvalue weighted by Crippen LogP contribution is -2.17. The zero-order valence-electron chi connectivity index (χ0n) is 21.2. The second-order valence-corrected chi connectivity index (χ2v) is 11.7. The van der Waals surface area contributed by atoms with Crippen molar-refractivity contribution in [2.45, 2.75) is 38.5 Å². The lowest BCUT2D eigenvalue weighted by atomic mass is 9.78. The Balaban J connectivity index is 1.61. The Morgan fingerprint density at radius 1 is 0.444 bits per heavy atom. The van der Waals surface area contributed by atoms with Crippen LogP contribution in [0.5, 0.6) is 0 Å². The molecule has 0 heteroatoms. The van der Waals surface area contributed by atoms with Gasteiger partial charge in [0, 0.05) is 10.8 Å². The highest BCUT2D eigenvalue weighted by atomic mass is 14.5. The summed E-state index contributed by atoms with van der Waals surface area (Å²) in [5.74, 6) is 0. The summed E-state index contributed by atoms with van der Waals surface area (Å²) in [5, 5.41) is 8.16. The van der Waals surface area contributed by atoms with Crippen molar-refractivity contribution in [3.05, 3.63) is 119 Å². The minimum absolute atomic E-state index is 0.0113. The predicted molar refractivity (Wildman–Crippen MR) is 154 cm³/mol. The van der Waals surface area contributed by atoms with Crippen LogP contribution in [0.4, 0.5) is 0 Å². The van der Waals surface area contributed by atoms with Gasteiger partial charge >= 0.3 is 0 Å². The Bertz CT molecular complexity index is 1930. The van der Waals surface area contributed by atoms with Crippen LogP contribution >= 0.6 is 0 Å². The molecule has 0 nitrogen and oxygen atoms in total.